The summed E-state index contributed by atoms with van der Waals surface area (Å²) in [5, 5.41) is 9.86. The fourth-order valence-corrected chi connectivity index (χ4v) is 1.52. The Morgan fingerprint density at radius 2 is 2.33 bits per heavy atom. The molecule has 0 radical (unpaired) electrons. The second kappa shape index (κ2) is 3.13. The monoisotopic (exact) mass is 199 g/mol. The molecule has 0 bridgehead atoms. The van der Waals surface area contributed by atoms with Gasteiger partial charge < -0.3 is 9.72 Å². The predicted octanol–water partition coefficient (Wildman–Crippen LogP) is 1.80. The molecule has 0 fully saturated rings. The molecule has 3 aromatic heterocycles. The molecule has 0 atom stereocenters. The Balaban J connectivity index is 2.07. The predicted molar refractivity (Wildman–Crippen MR) is 57.1 cm³/mol. The quantitative estimate of drug-likeness (QED) is 0.661. The van der Waals surface area contributed by atoms with Crippen LogP contribution in [0.1, 0.15) is 0 Å². The fraction of sp³-hybridized carbons (Fsp3) is 0. The summed E-state index contributed by atoms with van der Waals surface area (Å²) in [5.74, 6) is 0. The second-order valence-electron chi connectivity index (χ2n) is 3.19. The van der Waals surface area contributed by atoms with E-state index in [1.165, 1.54) is 0 Å². The van der Waals surface area contributed by atoms with Crippen LogP contribution in [0.15, 0.2) is 43.1 Å². The molecule has 3 rings (SSSR count). The minimum atomic E-state index is 0.902. The first-order chi connectivity index (χ1) is 7.43. The van der Waals surface area contributed by atoms with Gasteiger partial charge in [-0.2, -0.15) is 5.10 Å². The summed E-state index contributed by atoms with van der Waals surface area (Å²) in [7, 11) is 0. The first-order valence-corrected chi connectivity index (χ1v) is 4.61. The van der Waals surface area contributed by atoms with Gasteiger partial charge >= 0.3 is 0 Å². The molecule has 0 saturated heterocycles. The molecule has 0 spiro atoms. The van der Waals surface area contributed by atoms with Crippen LogP contribution < -0.4 is 5.32 Å². The first kappa shape index (κ1) is 8.05. The van der Waals surface area contributed by atoms with Crippen molar-refractivity contribution in [1.29, 1.82) is 0 Å². The van der Waals surface area contributed by atoms with E-state index in [2.05, 4.69) is 20.5 Å². The van der Waals surface area contributed by atoms with Gasteiger partial charge in [0, 0.05) is 24.8 Å². The smallest absolute Gasteiger partial charge is 0.160 e. The van der Waals surface area contributed by atoms with E-state index in [0.717, 1.165) is 17.0 Å². The zero-order valence-corrected chi connectivity index (χ0v) is 7.88. The summed E-state index contributed by atoms with van der Waals surface area (Å²) in [6.07, 6.45) is 9.17. The number of fused-ring (bicyclic) bond motifs is 1. The van der Waals surface area contributed by atoms with Crippen LogP contribution in [0.25, 0.3) is 5.65 Å². The maximum atomic E-state index is 4.27. The van der Waals surface area contributed by atoms with Crippen molar-refractivity contribution in [2.24, 2.45) is 0 Å². The van der Waals surface area contributed by atoms with E-state index in [4.69, 9.17) is 0 Å². The standard InChI is InChI=1S/C10H9N5/c1-2-9(14-8-6-12-13-7-8)10-11-3-5-15(10)4-1/h1-7,14H,(H,12,13). The highest BCUT2D eigenvalue weighted by Crippen LogP contribution is 2.19. The third kappa shape index (κ3) is 1.34. The summed E-state index contributed by atoms with van der Waals surface area (Å²) < 4.78 is 1.96. The van der Waals surface area contributed by atoms with Gasteiger partial charge in [0.15, 0.2) is 5.65 Å². The second-order valence-corrected chi connectivity index (χ2v) is 3.19. The number of hydrogen-bond acceptors (Lipinski definition) is 3. The lowest BCUT2D eigenvalue weighted by atomic mass is 10.4. The van der Waals surface area contributed by atoms with Crippen molar-refractivity contribution in [2.75, 3.05) is 5.32 Å². The molecule has 0 aromatic carbocycles. The third-order valence-corrected chi connectivity index (χ3v) is 2.20. The van der Waals surface area contributed by atoms with Crippen molar-refractivity contribution in [3.63, 3.8) is 0 Å². The molecule has 5 nitrogen and oxygen atoms in total. The van der Waals surface area contributed by atoms with Gasteiger partial charge in [-0.05, 0) is 12.1 Å². The van der Waals surface area contributed by atoms with E-state index >= 15 is 0 Å². The topological polar surface area (TPSA) is 58.0 Å². The molecular formula is C10H9N5. The lowest BCUT2D eigenvalue weighted by Gasteiger charge is -2.04. The number of hydrogen-bond donors (Lipinski definition) is 2. The maximum absolute atomic E-state index is 4.27. The number of nitrogens with zero attached hydrogens (tertiary/aromatic N) is 3. The Morgan fingerprint density at radius 1 is 1.33 bits per heavy atom. The molecule has 0 unspecified atom stereocenters. The van der Waals surface area contributed by atoms with Crippen LogP contribution >= 0.6 is 0 Å². The maximum Gasteiger partial charge on any atom is 0.160 e. The van der Waals surface area contributed by atoms with Crippen molar-refractivity contribution in [1.82, 2.24) is 19.6 Å². The van der Waals surface area contributed by atoms with Gasteiger partial charge in [-0.25, -0.2) is 4.98 Å². The average Bonchev–Trinajstić information content (AvgIpc) is 2.87. The van der Waals surface area contributed by atoms with Crippen LogP contribution in [-0.2, 0) is 0 Å². The molecule has 0 aliphatic carbocycles. The number of anilines is 2. The Morgan fingerprint density at radius 3 is 3.20 bits per heavy atom. The summed E-state index contributed by atoms with van der Waals surface area (Å²) >= 11 is 0. The molecule has 5 heteroatoms. The molecule has 3 heterocycles. The lowest BCUT2D eigenvalue weighted by Crippen LogP contribution is -1.92. The highest BCUT2D eigenvalue weighted by atomic mass is 15.1. The van der Waals surface area contributed by atoms with Gasteiger partial charge in [0.25, 0.3) is 0 Å². The van der Waals surface area contributed by atoms with Crippen molar-refractivity contribution in [2.45, 2.75) is 0 Å². The summed E-state index contributed by atoms with van der Waals surface area (Å²) in [4.78, 5) is 4.27. The van der Waals surface area contributed by atoms with Gasteiger partial charge in [-0.3, -0.25) is 5.10 Å². The summed E-state index contributed by atoms with van der Waals surface area (Å²) in [6, 6.07) is 3.95. The van der Waals surface area contributed by atoms with Crippen LogP contribution in [0.4, 0.5) is 11.4 Å². The van der Waals surface area contributed by atoms with E-state index in [1.807, 2.05) is 28.9 Å². The molecule has 15 heavy (non-hydrogen) atoms. The van der Waals surface area contributed by atoms with Crippen LogP contribution in [0.2, 0.25) is 0 Å². The lowest BCUT2D eigenvalue weighted by molar-refractivity contribution is 1.09. The molecule has 0 aliphatic heterocycles. The summed E-state index contributed by atoms with van der Waals surface area (Å²) in [5.41, 5.74) is 2.79. The zero-order valence-electron chi connectivity index (χ0n) is 7.88. The van der Waals surface area contributed by atoms with E-state index < -0.39 is 0 Å². The zero-order chi connectivity index (χ0) is 10.1. The molecule has 2 N–H and O–H groups in total. The summed E-state index contributed by atoms with van der Waals surface area (Å²) in [6.45, 7) is 0. The number of nitrogens with one attached hydrogen (secondary N) is 2. The minimum absolute atomic E-state index is 0.902. The van der Waals surface area contributed by atoms with E-state index in [9.17, 15) is 0 Å². The number of H-pyrrole nitrogens is 1. The fourth-order valence-electron chi connectivity index (χ4n) is 1.52. The van der Waals surface area contributed by atoms with Crippen molar-refractivity contribution >= 4 is 17.0 Å². The molecular weight excluding hydrogens is 190 g/mol. The van der Waals surface area contributed by atoms with Gasteiger partial charge in [0.1, 0.15) is 0 Å². The largest absolute Gasteiger partial charge is 0.350 e. The van der Waals surface area contributed by atoms with Crippen molar-refractivity contribution in [3.05, 3.63) is 43.1 Å². The Bertz CT molecular complexity index is 566. The number of rotatable bonds is 2. The van der Waals surface area contributed by atoms with Crippen LogP contribution in [0.3, 0.4) is 0 Å². The number of imidazole rings is 1. The van der Waals surface area contributed by atoms with E-state index in [1.54, 1.807) is 18.6 Å². The van der Waals surface area contributed by atoms with Crippen LogP contribution in [0, 0.1) is 0 Å². The van der Waals surface area contributed by atoms with Gasteiger partial charge in [-0.15, -0.1) is 0 Å². The van der Waals surface area contributed by atoms with Gasteiger partial charge in [0.05, 0.1) is 17.6 Å². The molecule has 3 aromatic rings. The number of pyridine rings is 1. The van der Waals surface area contributed by atoms with Gasteiger partial charge in [-0.1, -0.05) is 0 Å². The molecule has 74 valence electrons. The van der Waals surface area contributed by atoms with Crippen LogP contribution in [-0.4, -0.2) is 19.6 Å². The van der Waals surface area contributed by atoms with Crippen molar-refractivity contribution in [3.8, 4) is 0 Å². The normalized spacial score (nSPS) is 10.7. The SMILES string of the molecule is c1cc(Nc2cn[nH]c2)c2nccn2c1. The molecule has 0 aliphatic rings. The highest BCUT2D eigenvalue weighted by Gasteiger charge is 2.02. The number of aromatic nitrogens is 4. The van der Waals surface area contributed by atoms with E-state index in [0.29, 0.717) is 0 Å². The molecule has 0 amide bonds. The highest BCUT2D eigenvalue weighted by molar-refractivity contribution is 5.72. The van der Waals surface area contributed by atoms with Crippen molar-refractivity contribution < 1.29 is 0 Å². The Kier molecular flexibility index (Phi) is 1.68. The first-order valence-electron chi connectivity index (χ1n) is 4.61. The van der Waals surface area contributed by atoms with Crippen LogP contribution in [0.5, 0.6) is 0 Å². The Labute approximate surface area is 85.8 Å². The third-order valence-electron chi connectivity index (χ3n) is 2.20. The minimum Gasteiger partial charge on any atom is -0.350 e. The average molecular weight is 199 g/mol. The van der Waals surface area contributed by atoms with Gasteiger partial charge in [0.2, 0.25) is 0 Å². The number of aromatic amines is 1. The Hall–Kier alpha value is -2.30. The molecule has 0 saturated carbocycles. The van der Waals surface area contributed by atoms with E-state index in [-0.39, 0.29) is 0 Å².